The minimum Gasteiger partial charge on any atom is -0.349 e. The van der Waals surface area contributed by atoms with Crippen LogP contribution in [0.1, 0.15) is 45.6 Å². The summed E-state index contributed by atoms with van der Waals surface area (Å²) in [4.78, 5) is 12.4. The number of rotatable bonds is 9. The lowest BCUT2D eigenvalue weighted by molar-refractivity contribution is -0.123. The van der Waals surface area contributed by atoms with Crippen LogP contribution < -0.4 is 15.8 Å². The number of carbonyl (C=O) groups excluding carboxylic acids is 1. The molecule has 0 heterocycles. The molecule has 0 spiro atoms. The SMILES string of the molecule is CC(C)C(C)(CN)NC(=O)CCc1ccc(S(=O)(=O)NC2CC2)cc1.Cl. The Morgan fingerprint density at radius 3 is 2.31 bits per heavy atom. The highest BCUT2D eigenvalue weighted by atomic mass is 35.5. The van der Waals surface area contributed by atoms with Gasteiger partial charge in [-0.3, -0.25) is 4.79 Å². The molecule has 4 N–H and O–H groups in total. The number of carbonyl (C=O) groups is 1. The van der Waals surface area contributed by atoms with Crippen LogP contribution in [-0.2, 0) is 21.2 Å². The molecule has 0 aliphatic heterocycles. The van der Waals surface area contributed by atoms with Gasteiger partial charge in [0.25, 0.3) is 0 Å². The summed E-state index contributed by atoms with van der Waals surface area (Å²) in [7, 11) is -3.43. The first-order valence-corrected chi connectivity index (χ1v) is 10.3. The van der Waals surface area contributed by atoms with E-state index < -0.39 is 15.6 Å². The fourth-order valence-electron chi connectivity index (χ4n) is 2.39. The van der Waals surface area contributed by atoms with Crippen LogP contribution in [0.3, 0.4) is 0 Å². The highest BCUT2D eigenvalue weighted by Crippen LogP contribution is 2.22. The topological polar surface area (TPSA) is 101 Å². The molecule has 8 heteroatoms. The maximum atomic E-state index is 12.2. The Labute approximate surface area is 162 Å². The lowest BCUT2D eigenvalue weighted by Crippen LogP contribution is -2.55. The van der Waals surface area contributed by atoms with Crippen molar-refractivity contribution in [3.05, 3.63) is 29.8 Å². The van der Waals surface area contributed by atoms with Crippen LogP contribution in [0.2, 0.25) is 0 Å². The summed E-state index contributed by atoms with van der Waals surface area (Å²) in [6.45, 7) is 6.39. The zero-order valence-corrected chi connectivity index (χ0v) is 17.3. The van der Waals surface area contributed by atoms with Gasteiger partial charge in [-0.15, -0.1) is 12.4 Å². The van der Waals surface area contributed by atoms with E-state index in [1.807, 2.05) is 20.8 Å². The third kappa shape index (κ3) is 6.23. The third-order valence-corrected chi connectivity index (χ3v) is 6.43. The van der Waals surface area contributed by atoms with Crippen LogP contribution in [0.5, 0.6) is 0 Å². The van der Waals surface area contributed by atoms with E-state index in [0.717, 1.165) is 18.4 Å². The number of halogens is 1. The monoisotopic (exact) mass is 403 g/mol. The number of nitrogens with one attached hydrogen (secondary N) is 2. The summed E-state index contributed by atoms with van der Waals surface area (Å²) in [5.41, 5.74) is 6.30. The van der Waals surface area contributed by atoms with Gasteiger partial charge in [0.1, 0.15) is 0 Å². The Hall–Kier alpha value is -1.15. The van der Waals surface area contributed by atoms with E-state index in [9.17, 15) is 13.2 Å². The van der Waals surface area contributed by atoms with Crippen LogP contribution in [-0.4, -0.2) is 32.5 Å². The van der Waals surface area contributed by atoms with Gasteiger partial charge in [0, 0.05) is 19.0 Å². The minimum atomic E-state index is -3.43. The molecule has 1 atom stereocenters. The van der Waals surface area contributed by atoms with Gasteiger partial charge in [-0.1, -0.05) is 26.0 Å². The summed E-state index contributed by atoms with van der Waals surface area (Å²) in [6.07, 6.45) is 2.71. The van der Waals surface area contributed by atoms with Crippen LogP contribution >= 0.6 is 12.4 Å². The largest absolute Gasteiger partial charge is 0.349 e. The summed E-state index contributed by atoms with van der Waals surface area (Å²) < 4.78 is 26.9. The average Bonchev–Trinajstić information content (AvgIpc) is 3.36. The van der Waals surface area contributed by atoms with E-state index in [4.69, 9.17) is 5.73 Å². The molecule has 1 saturated carbocycles. The van der Waals surface area contributed by atoms with Gasteiger partial charge in [-0.25, -0.2) is 13.1 Å². The number of sulfonamides is 1. The molecule has 0 saturated heterocycles. The second-order valence-electron chi connectivity index (χ2n) is 7.36. The average molecular weight is 404 g/mol. The molecule has 1 amide bonds. The molecule has 0 radical (unpaired) electrons. The number of hydrogen-bond acceptors (Lipinski definition) is 4. The summed E-state index contributed by atoms with van der Waals surface area (Å²) >= 11 is 0. The van der Waals surface area contributed by atoms with Crippen LogP contribution in [0.15, 0.2) is 29.2 Å². The summed E-state index contributed by atoms with van der Waals surface area (Å²) in [5.74, 6) is 0.193. The van der Waals surface area contributed by atoms with E-state index in [1.165, 1.54) is 0 Å². The summed E-state index contributed by atoms with van der Waals surface area (Å²) in [5, 5.41) is 3.01. The molecule has 148 valence electrons. The molecule has 1 aromatic carbocycles. The molecule has 26 heavy (non-hydrogen) atoms. The van der Waals surface area contributed by atoms with Crippen molar-refractivity contribution >= 4 is 28.3 Å². The first kappa shape index (κ1) is 22.9. The Kier molecular flexibility index (Phi) is 8.07. The zero-order chi connectivity index (χ0) is 18.7. The van der Waals surface area contributed by atoms with E-state index in [-0.39, 0.29) is 35.2 Å². The Balaban J connectivity index is 0.00000338. The van der Waals surface area contributed by atoms with Crippen molar-refractivity contribution in [3.63, 3.8) is 0 Å². The first-order valence-electron chi connectivity index (χ1n) is 8.78. The predicted octanol–water partition coefficient (Wildman–Crippen LogP) is 1.97. The van der Waals surface area contributed by atoms with Crippen molar-refractivity contribution in [3.8, 4) is 0 Å². The lowest BCUT2D eigenvalue weighted by atomic mass is 9.88. The number of aryl methyl sites for hydroxylation is 1. The highest BCUT2D eigenvalue weighted by molar-refractivity contribution is 7.89. The molecule has 1 aromatic rings. The third-order valence-electron chi connectivity index (χ3n) is 4.90. The Morgan fingerprint density at radius 2 is 1.85 bits per heavy atom. The number of nitrogens with two attached hydrogens (primary N) is 1. The van der Waals surface area contributed by atoms with Gasteiger partial charge in [-0.2, -0.15) is 0 Å². The smallest absolute Gasteiger partial charge is 0.240 e. The van der Waals surface area contributed by atoms with Gasteiger partial charge in [0.2, 0.25) is 15.9 Å². The van der Waals surface area contributed by atoms with Crippen molar-refractivity contribution in [2.24, 2.45) is 11.7 Å². The Morgan fingerprint density at radius 1 is 1.27 bits per heavy atom. The van der Waals surface area contributed by atoms with E-state index in [0.29, 0.717) is 19.4 Å². The maximum absolute atomic E-state index is 12.2. The molecule has 2 rings (SSSR count). The summed E-state index contributed by atoms with van der Waals surface area (Å²) in [6, 6.07) is 6.80. The van der Waals surface area contributed by atoms with E-state index in [1.54, 1.807) is 24.3 Å². The molecular weight excluding hydrogens is 374 g/mol. The van der Waals surface area contributed by atoms with Gasteiger partial charge < -0.3 is 11.1 Å². The van der Waals surface area contributed by atoms with Crippen molar-refractivity contribution in [1.82, 2.24) is 10.0 Å². The van der Waals surface area contributed by atoms with Gasteiger partial charge in [0.15, 0.2) is 0 Å². The second-order valence-corrected chi connectivity index (χ2v) is 9.08. The maximum Gasteiger partial charge on any atom is 0.240 e. The van der Waals surface area contributed by atoms with Crippen molar-refractivity contribution < 1.29 is 13.2 Å². The molecule has 0 aromatic heterocycles. The standard InChI is InChI=1S/C18H29N3O3S.ClH/c1-13(2)18(3,12-19)20-17(22)11-6-14-4-9-16(10-5-14)25(23,24)21-15-7-8-15;/h4-5,9-10,13,15,21H,6-8,11-12,19H2,1-3H3,(H,20,22);1H. The van der Waals surface area contributed by atoms with Crippen molar-refractivity contribution in [1.29, 1.82) is 0 Å². The molecule has 1 fully saturated rings. The molecule has 1 aliphatic rings. The number of benzene rings is 1. The fraction of sp³-hybridized carbons (Fsp3) is 0.611. The second kappa shape index (κ2) is 9.17. The Bertz CT molecular complexity index is 703. The number of hydrogen-bond donors (Lipinski definition) is 3. The van der Waals surface area contributed by atoms with Crippen LogP contribution in [0.25, 0.3) is 0 Å². The molecule has 1 aliphatic carbocycles. The van der Waals surface area contributed by atoms with Crippen LogP contribution in [0.4, 0.5) is 0 Å². The zero-order valence-electron chi connectivity index (χ0n) is 15.6. The van der Waals surface area contributed by atoms with Gasteiger partial charge in [-0.05, 0) is 49.8 Å². The quantitative estimate of drug-likeness (QED) is 0.586. The normalized spacial score (nSPS) is 16.7. The van der Waals surface area contributed by atoms with Crippen molar-refractivity contribution in [2.75, 3.05) is 6.54 Å². The first-order chi connectivity index (χ1) is 11.7. The minimum absolute atomic E-state index is 0. The van der Waals surface area contributed by atoms with Crippen molar-refractivity contribution in [2.45, 2.75) is 62.9 Å². The molecular formula is C18H30ClN3O3S. The van der Waals surface area contributed by atoms with Gasteiger partial charge in [0.05, 0.1) is 10.4 Å². The molecule has 6 nitrogen and oxygen atoms in total. The molecule has 0 bridgehead atoms. The van der Waals surface area contributed by atoms with E-state index in [2.05, 4.69) is 10.0 Å². The highest BCUT2D eigenvalue weighted by Gasteiger charge is 2.29. The van der Waals surface area contributed by atoms with Gasteiger partial charge >= 0.3 is 0 Å². The predicted molar refractivity (Wildman–Crippen MR) is 106 cm³/mol. The number of amides is 1. The van der Waals surface area contributed by atoms with Crippen LogP contribution in [0, 0.1) is 5.92 Å². The lowest BCUT2D eigenvalue weighted by Gasteiger charge is -2.33. The molecule has 1 unspecified atom stereocenters. The fourth-order valence-corrected chi connectivity index (χ4v) is 3.70. The van der Waals surface area contributed by atoms with E-state index >= 15 is 0 Å².